The van der Waals surface area contributed by atoms with Crippen LogP contribution in [0.15, 0.2) is 0 Å². The molecule has 1 saturated heterocycles. The van der Waals surface area contributed by atoms with Gasteiger partial charge in [0, 0.05) is 26.2 Å². The molecule has 0 aromatic heterocycles. The topological polar surface area (TPSA) is 81.6 Å². The summed E-state index contributed by atoms with van der Waals surface area (Å²) in [5, 5.41) is 0. The predicted molar refractivity (Wildman–Crippen MR) is 49.0 cm³/mol. The summed E-state index contributed by atoms with van der Waals surface area (Å²) in [6, 6.07) is -0.557. The molecular weight excluding hydrogens is 170 g/mol. The highest BCUT2D eigenvalue weighted by molar-refractivity contribution is 5.79. The molecule has 13 heavy (non-hydrogen) atoms. The molecule has 0 saturated carbocycles. The largest absolute Gasteiger partial charge is 0.380 e. The van der Waals surface area contributed by atoms with E-state index in [1.807, 2.05) is 0 Å². The SMILES string of the molecule is NC(=O)C(N)CN1CCCOCC1. The van der Waals surface area contributed by atoms with Crippen LogP contribution in [0.5, 0.6) is 0 Å². The number of carbonyl (C=O) groups excluding carboxylic acids is 1. The second-order valence-electron chi connectivity index (χ2n) is 3.28. The maximum Gasteiger partial charge on any atom is 0.235 e. The van der Waals surface area contributed by atoms with Gasteiger partial charge in [-0.05, 0) is 6.42 Å². The minimum absolute atomic E-state index is 0.440. The summed E-state index contributed by atoms with van der Waals surface area (Å²) in [7, 11) is 0. The highest BCUT2D eigenvalue weighted by Crippen LogP contribution is 1.99. The Bertz CT molecular complexity index is 167. The number of carbonyl (C=O) groups is 1. The molecule has 1 aliphatic rings. The summed E-state index contributed by atoms with van der Waals surface area (Å²) in [5.74, 6) is -0.440. The first-order valence-electron chi connectivity index (χ1n) is 4.55. The maximum atomic E-state index is 10.7. The van der Waals surface area contributed by atoms with Gasteiger partial charge in [-0.25, -0.2) is 0 Å². The van der Waals surface area contributed by atoms with E-state index in [0.717, 1.165) is 26.1 Å². The average Bonchev–Trinajstić information content (AvgIpc) is 2.32. The molecule has 0 aliphatic carbocycles. The monoisotopic (exact) mass is 187 g/mol. The first-order valence-corrected chi connectivity index (χ1v) is 4.55. The third-order valence-electron chi connectivity index (χ3n) is 2.14. The molecule has 5 heteroatoms. The molecule has 1 aliphatic heterocycles. The van der Waals surface area contributed by atoms with Crippen molar-refractivity contribution in [2.24, 2.45) is 11.5 Å². The van der Waals surface area contributed by atoms with Gasteiger partial charge in [0.25, 0.3) is 0 Å². The summed E-state index contributed by atoms with van der Waals surface area (Å²) in [5.41, 5.74) is 10.6. The van der Waals surface area contributed by atoms with Gasteiger partial charge in [-0.2, -0.15) is 0 Å². The lowest BCUT2D eigenvalue weighted by atomic mass is 10.2. The lowest BCUT2D eigenvalue weighted by Gasteiger charge is -2.21. The van der Waals surface area contributed by atoms with Crippen LogP contribution in [0.3, 0.4) is 0 Å². The Labute approximate surface area is 78.0 Å². The van der Waals surface area contributed by atoms with Crippen molar-refractivity contribution in [1.82, 2.24) is 4.90 Å². The van der Waals surface area contributed by atoms with E-state index in [1.165, 1.54) is 0 Å². The molecule has 1 atom stereocenters. The summed E-state index contributed by atoms with van der Waals surface area (Å²) in [6.07, 6.45) is 0.992. The van der Waals surface area contributed by atoms with E-state index in [-0.39, 0.29) is 0 Å². The lowest BCUT2D eigenvalue weighted by Crippen LogP contribution is -2.46. The fourth-order valence-electron chi connectivity index (χ4n) is 1.35. The smallest absolute Gasteiger partial charge is 0.235 e. The van der Waals surface area contributed by atoms with Crippen LogP contribution in [0, 0.1) is 0 Å². The Morgan fingerprint density at radius 3 is 2.92 bits per heavy atom. The van der Waals surface area contributed by atoms with Gasteiger partial charge in [-0.3, -0.25) is 9.69 Å². The second-order valence-corrected chi connectivity index (χ2v) is 3.28. The van der Waals surface area contributed by atoms with E-state index >= 15 is 0 Å². The van der Waals surface area contributed by atoms with Crippen molar-refractivity contribution in [3.63, 3.8) is 0 Å². The minimum atomic E-state index is -0.557. The number of nitrogens with zero attached hydrogens (tertiary/aromatic N) is 1. The number of hydrogen-bond acceptors (Lipinski definition) is 4. The first-order chi connectivity index (χ1) is 6.20. The molecule has 1 rings (SSSR count). The Morgan fingerprint density at radius 2 is 2.23 bits per heavy atom. The van der Waals surface area contributed by atoms with E-state index in [0.29, 0.717) is 13.2 Å². The molecule has 1 unspecified atom stereocenters. The highest BCUT2D eigenvalue weighted by Gasteiger charge is 2.15. The number of amides is 1. The minimum Gasteiger partial charge on any atom is -0.380 e. The van der Waals surface area contributed by atoms with E-state index in [1.54, 1.807) is 0 Å². The molecule has 1 amide bonds. The lowest BCUT2D eigenvalue weighted by molar-refractivity contribution is -0.119. The molecular formula is C8H17N3O2. The van der Waals surface area contributed by atoms with Crippen LogP contribution in [-0.2, 0) is 9.53 Å². The summed E-state index contributed by atoms with van der Waals surface area (Å²) in [4.78, 5) is 12.8. The van der Waals surface area contributed by atoms with Crippen LogP contribution in [0.4, 0.5) is 0 Å². The third-order valence-corrected chi connectivity index (χ3v) is 2.14. The van der Waals surface area contributed by atoms with E-state index < -0.39 is 11.9 Å². The van der Waals surface area contributed by atoms with Gasteiger partial charge >= 0.3 is 0 Å². The van der Waals surface area contributed by atoms with Crippen LogP contribution >= 0.6 is 0 Å². The Morgan fingerprint density at radius 1 is 1.46 bits per heavy atom. The average molecular weight is 187 g/mol. The zero-order chi connectivity index (χ0) is 9.68. The number of nitrogens with two attached hydrogens (primary N) is 2. The fraction of sp³-hybridized carbons (Fsp3) is 0.875. The number of primary amides is 1. The molecule has 0 bridgehead atoms. The van der Waals surface area contributed by atoms with Crippen LogP contribution in [0.1, 0.15) is 6.42 Å². The molecule has 1 fully saturated rings. The fourth-order valence-corrected chi connectivity index (χ4v) is 1.35. The predicted octanol–water partition coefficient (Wildman–Crippen LogP) is -1.48. The maximum absolute atomic E-state index is 10.7. The molecule has 1 heterocycles. The normalized spacial score (nSPS) is 22.2. The standard InChI is InChI=1S/C8H17N3O2/c9-7(8(10)12)6-11-2-1-4-13-5-3-11/h7H,1-6,9H2,(H2,10,12). The van der Waals surface area contributed by atoms with Gasteiger partial charge in [0.05, 0.1) is 12.6 Å². The zero-order valence-electron chi connectivity index (χ0n) is 7.74. The van der Waals surface area contributed by atoms with Crippen molar-refractivity contribution in [3.8, 4) is 0 Å². The molecule has 5 nitrogen and oxygen atoms in total. The third kappa shape index (κ3) is 3.71. The van der Waals surface area contributed by atoms with Crippen LogP contribution < -0.4 is 11.5 Å². The van der Waals surface area contributed by atoms with Crippen LogP contribution in [0.2, 0.25) is 0 Å². The van der Waals surface area contributed by atoms with Gasteiger partial charge in [0.15, 0.2) is 0 Å². The Hall–Kier alpha value is -0.650. The quantitative estimate of drug-likeness (QED) is 0.564. The van der Waals surface area contributed by atoms with E-state index in [4.69, 9.17) is 16.2 Å². The zero-order valence-corrected chi connectivity index (χ0v) is 7.74. The number of ether oxygens (including phenoxy) is 1. The molecule has 0 radical (unpaired) electrons. The molecule has 76 valence electrons. The summed E-state index contributed by atoms with van der Waals surface area (Å²) >= 11 is 0. The summed E-state index contributed by atoms with van der Waals surface area (Å²) in [6.45, 7) is 3.81. The van der Waals surface area contributed by atoms with Crippen molar-refractivity contribution in [3.05, 3.63) is 0 Å². The van der Waals surface area contributed by atoms with Crippen molar-refractivity contribution >= 4 is 5.91 Å². The number of rotatable bonds is 3. The van der Waals surface area contributed by atoms with Gasteiger partial charge in [-0.15, -0.1) is 0 Å². The van der Waals surface area contributed by atoms with Gasteiger partial charge in [-0.1, -0.05) is 0 Å². The van der Waals surface area contributed by atoms with Gasteiger partial charge in [0.2, 0.25) is 5.91 Å². The number of hydrogen-bond donors (Lipinski definition) is 2. The van der Waals surface area contributed by atoms with Crippen molar-refractivity contribution in [2.45, 2.75) is 12.5 Å². The molecule has 0 spiro atoms. The van der Waals surface area contributed by atoms with E-state index in [9.17, 15) is 4.79 Å². The van der Waals surface area contributed by atoms with Gasteiger partial charge in [0.1, 0.15) is 0 Å². The van der Waals surface area contributed by atoms with Crippen molar-refractivity contribution < 1.29 is 9.53 Å². The van der Waals surface area contributed by atoms with E-state index in [2.05, 4.69) is 4.90 Å². The van der Waals surface area contributed by atoms with Crippen molar-refractivity contribution in [2.75, 3.05) is 32.8 Å². The molecule has 0 aromatic rings. The Balaban J connectivity index is 2.29. The Kier molecular flexibility index (Phi) is 4.14. The molecule has 0 aromatic carbocycles. The highest BCUT2D eigenvalue weighted by atomic mass is 16.5. The summed E-state index contributed by atoms with van der Waals surface area (Å²) < 4.78 is 5.27. The van der Waals surface area contributed by atoms with Crippen LogP contribution in [-0.4, -0.2) is 49.7 Å². The van der Waals surface area contributed by atoms with Crippen LogP contribution in [0.25, 0.3) is 0 Å². The van der Waals surface area contributed by atoms with Gasteiger partial charge < -0.3 is 16.2 Å². The second kappa shape index (κ2) is 5.16. The first kappa shape index (κ1) is 10.4. The molecule has 4 N–H and O–H groups in total. The van der Waals surface area contributed by atoms with Crippen molar-refractivity contribution in [1.29, 1.82) is 0 Å².